The molecule has 0 radical (unpaired) electrons. The highest BCUT2D eigenvalue weighted by molar-refractivity contribution is 7.80. The Labute approximate surface area is 135 Å². The highest BCUT2D eigenvalue weighted by atomic mass is 32.1. The van der Waals surface area contributed by atoms with Crippen LogP contribution in [0.1, 0.15) is 22.8 Å². The highest BCUT2D eigenvalue weighted by Gasteiger charge is 2.28. The lowest BCUT2D eigenvalue weighted by molar-refractivity contribution is -0.122. The van der Waals surface area contributed by atoms with Gasteiger partial charge in [0.2, 0.25) is 0 Å². The number of carbonyl (C=O) groups excluding carboxylic acids is 1. The molecule has 0 bridgehead atoms. The molecule has 2 rings (SSSR count). The molecule has 1 aliphatic heterocycles. The molecular formula is C14H14F3N3O2S. The average Bonchev–Trinajstić information content (AvgIpc) is 2.50. The van der Waals surface area contributed by atoms with Crippen LogP contribution in [0, 0.1) is 0 Å². The molecule has 0 aliphatic carbocycles. The van der Waals surface area contributed by atoms with E-state index in [2.05, 4.69) is 10.5 Å². The van der Waals surface area contributed by atoms with Crippen LogP contribution in [0.4, 0.5) is 13.2 Å². The number of hydrogen-bond donors (Lipinski definition) is 2. The third-order valence-corrected chi connectivity index (χ3v) is 3.38. The van der Waals surface area contributed by atoms with Crippen LogP contribution in [0.2, 0.25) is 0 Å². The number of thiocarbonyl (C=S) groups is 1. The van der Waals surface area contributed by atoms with E-state index in [1.165, 1.54) is 0 Å². The van der Waals surface area contributed by atoms with Crippen LogP contribution in [-0.2, 0) is 11.2 Å². The molecule has 23 heavy (non-hydrogen) atoms. The Morgan fingerprint density at radius 1 is 1.43 bits per heavy atom. The van der Waals surface area contributed by atoms with Crippen molar-refractivity contribution in [3.8, 4) is 0 Å². The van der Waals surface area contributed by atoms with Crippen molar-refractivity contribution in [1.82, 2.24) is 10.7 Å². The number of benzene rings is 1. The Kier molecular flexibility index (Phi) is 5.19. The van der Waals surface area contributed by atoms with E-state index >= 15 is 0 Å². The fourth-order valence-corrected chi connectivity index (χ4v) is 2.11. The van der Waals surface area contributed by atoms with Gasteiger partial charge in [0.1, 0.15) is 12.6 Å². The van der Waals surface area contributed by atoms with Gasteiger partial charge in [-0.15, -0.1) is 0 Å². The van der Waals surface area contributed by atoms with Gasteiger partial charge in [-0.1, -0.05) is 18.2 Å². The molecule has 1 aromatic rings. The number of hydrogen-bond acceptors (Lipinski definition) is 4. The summed E-state index contributed by atoms with van der Waals surface area (Å²) in [6.45, 7) is 0.352. The first-order valence-electron chi connectivity index (χ1n) is 6.70. The molecule has 1 atom stereocenters. The van der Waals surface area contributed by atoms with Gasteiger partial charge >= 0.3 is 12.1 Å². The molecule has 0 spiro atoms. The van der Waals surface area contributed by atoms with Gasteiger partial charge in [-0.3, -0.25) is 5.43 Å². The molecule has 1 aromatic carbocycles. The minimum Gasteiger partial charge on any atom is -0.452 e. The van der Waals surface area contributed by atoms with Crippen LogP contribution in [0.25, 0.3) is 0 Å². The first-order chi connectivity index (χ1) is 10.8. The van der Waals surface area contributed by atoms with Crippen LogP contribution >= 0.6 is 12.2 Å². The van der Waals surface area contributed by atoms with E-state index in [1.807, 2.05) is 17.4 Å². The van der Waals surface area contributed by atoms with Crippen LogP contribution in [-0.4, -0.2) is 35.6 Å². The van der Waals surface area contributed by atoms with Crippen LogP contribution in [0.5, 0.6) is 0 Å². The van der Waals surface area contributed by atoms with Gasteiger partial charge < -0.3 is 10.1 Å². The number of rotatable bonds is 3. The molecule has 1 unspecified atom stereocenters. The van der Waals surface area contributed by atoms with Crippen molar-refractivity contribution >= 4 is 29.0 Å². The van der Waals surface area contributed by atoms with Crippen LogP contribution in [0.3, 0.4) is 0 Å². The Morgan fingerprint density at radius 3 is 2.83 bits per heavy atom. The summed E-state index contributed by atoms with van der Waals surface area (Å²) >= 11 is 4.69. The molecule has 124 valence electrons. The number of alkyl halides is 3. The summed E-state index contributed by atoms with van der Waals surface area (Å²) in [5, 5.41) is 5.60. The molecule has 0 fully saturated rings. The predicted octanol–water partition coefficient (Wildman–Crippen LogP) is 2.17. The number of nitrogens with zero attached hydrogens (tertiary/aromatic N) is 1. The molecule has 0 saturated carbocycles. The van der Waals surface area contributed by atoms with Gasteiger partial charge in [0, 0.05) is 6.42 Å². The number of cyclic esters (lactones) is 1. The molecule has 0 amide bonds. The molecule has 9 heteroatoms. The van der Waals surface area contributed by atoms with Crippen molar-refractivity contribution in [3.05, 3.63) is 35.4 Å². The Hall–Kier alpha value is -2.16. The third kappa shape index (κ3) is 4.92. The monoisotopic (exact) mass is 345 g/mol. The number of carbonyl (C=O) groups is 1. The van der Waals surface area contributed by atoms with Crippen molar-refractivity contribution in [2.75, 3.05) is 6.54 Å². The summed E-state index contributed by atoms with van der Waals surface area (Å²) in [5.41, 5.74) is 4.06. The summed E-state index contributed by atoms with van der Waals surface area (Å²) in [7, 11) is 0. The zero-order chi connectivity index (χ0) is 17.0. The second-order valence-electron chi connectivity index (χ2n) is 4.92. The number of hydrazone groups is 1. The molecule has 0 aromatic heterocycles. The first kappa shape index (κ1) is 17.2. The largest absolute Gasteiger partial charge is 0.452 e. The lowest BCUT2D eigenvalue weighted by atomic mass is 9.97. The van der Waals surface area contributed by atoms with Crippen LogP contribution in [0.15, 0.2) is 29.4 Å². The van der Waals surface area contributed by atoms with Crippen LogP contribution < -0.4 is 10.7 Å². The summed E-state index contributed by atoms with van der Waals surface area (Å²) in [6, 6.07) is 7.05. The van der Waals surface area contributed by atoms with E-state index in [9.17, 15) is 18.0 Å². The smallest absolute Gasteiger partial charge is 0.405 e. The van der Waals surface area contributed by atoms with E-state index in [4.69, 9.17) is 17.0 Å². The summed E-state index contributed by atoms with van der Waals surface area (Å²) in [5.74, 6) is -0.454. The molecule has 5 nitrogen and oxygen atoms in total. The number of halogens is 3. The second-order valence-corrected chi connectivity index (χ2v) is 5.33. The molecule has 2 N–H and O–H groups in total. The maximum Gasteiger partial charge on any atom is 0.405 e. The minimum absolute atomic E-state index is 0.260. The summed E-state index contributed by atoms with van der Waals surface area (Å²) < 4.78 is 41.4. The average molecular weight is 345 g/mol. The molecule has 0 saturated heterocycles. The zero-order valence-corrected chi connectivity index (χ0v) is 12.9. The standard InChI is InChI=1S/C14H14F3N3O2S/c1-8(19-20-13(23)18-7-14(15,16)17)11-6-9-4-2-3-5-10(9)12(21)22-11/h2-5,11H,6-7H2,1H3,(H2,18,20,23)/b19-8+. The van der Waals surface area contributed by atoms with E-state index < -0.39 is 24.8 Å². The number of esters is 1. The maximum absolute atomic E-state index is 12.0. The lowest BCUT2D eigenvalue weighted by Gasteiger charge is -2.24. The molecule has 1 aliphatic rings. The van der Waals surface area contributed by atoms with Crippen molar-refractivity contribution in [2.24, 2.45) is 5.10 Å². The highest BCUT2D eigenvalue weighted by Crippen LogP contribution is 2.21. The van der Waals surface area contributed by atoms with Crippen molar-refractivity contribution in [1.29, 1.82) is 0 Å². The number of ether oxygens (including phenoxy) is 1. The topological polar surface area (TPSA) is 62.7 Å². The fourth-order valence-electron chi connectivity index (χ4n) is 2.00. The van der Waals surface area contributed by atoms with Crippen molar-refractivity contribution in [2.45, 2.75) is 25.6 Å². The Morgan fingerprint density at radius 2 is 2.13 bits per heavy atom. The summed E-state index contributed by atoms with van der Waals surface area (Å²) in [4.78, 5) is 11.9. The van der Waals surface area contributed by atoms with E-state index in [0.717, 1.165) is 5.56 Å². The maximum atomic E-state index is 12.0. The Balaban J connectivity index is 1.95. The van der Waals surface area contributed by atoms with E-state index in [0.29, 0.717) is 17.7 Å². The molecular weight excluding hydrogens is 331 g/mol. The van der Waals surface area contributed by atoms with Gasteiger partial charge in [-0.05, 0) is 30.8 Å². The third-order valence-electron chi connectivity index (χ3n) is 3.14. The molecule has 1 heterocycles. The fraction of sp³-hybridized carbons (Fsp3) is 0.357. The quantitative estimate of drug-likeness (QED) is 0.380. The predicted molar refractivity (Wildman–Crippen MR) is 82.2 cm³/mol. The normalized spacial score (nSPS) is 18.0. The second kappa shape index (κ2) is 6.95. The van der Waals surface area contributed by atoms with Gasteiger partial charge in [-0.25, -0.2) is 4.79 Å². The Bertz CT molecular complexity index is 646. The van der Waals surface area contributed by atoms with Gasteiger partial charge in [0.25, 0.3) is 0 Å². The number of fused-ring (bicyclic) bond motifs is 1. The SMILES string of the molecule is C/C(=N\NC(=S)NCC(F)(F)F)C1Cc2ccccc2C(=O)O1. The van der Waals surface area contributed by atoms with Crippen molar-refractivity contribution < 1.29 is 22.7 Å². The van der Waals surface area contributed by atoms with E-state index in [1.54, 1.807) is 19.1 Å². The number of nitrogens with one attached hydrogen (secondary N) is 2. The van der Waals surface area contributed by atoms with Gasteiger partial charge in [0.05, 0.1) is 11.3 Å². The minimum atomic E-state index is -4.37. The van der Waals surface area contributed by atoms with Gasteiger partial charge in [-0.2, -0.15) is 18.3 Å². The van der Waals surface area contributed by atoms with E-state index in [-0.39, 0.29) is 5.11 Å². The van der Waals surface area contributed by atoms with Gasteiger partial charge in [0.15, 0.2) is 5.11 Å². The summed E-state index contributed by atoms with van der Waals surface area (Å²) in [6.07, 6.45) is -4.51. The first-order valence-corrected chi connectivity index (χ1v) is 7.11. The lowest BCUT2D eigenvalue weighted by Crippen LogP contribution is -2.40. The van der Waals surface area contributed by atoms with Crippen molar-refractivity contribution in [3.63, 3.8) is 0 Å². The zero-order valence-electron chi connectivity index (χ0n) is 12.1.